The quantitative estimate of drug-likeness (QED) is 0.345. The molecule has 0 aromatic rings. The molecule has 0 unspecified atom stereocenters. The molecule has 5 heteroatoms. The third-order valence-electron chi connectivity index (χ3n) is 0.954. The Bertz CT molecular complexity index is 174. The highest BCUT2D eigenvalue weighted by atomic mass is 28.2. The van der Waals surface area contributed by atoms with E-state index in [1.807, 2.05) is 0 Å². The summed E-state index contributed by atoms with van der Waals surface area (Å²) in [5, 5.41) is 0. The van der Waals surface area contributed by atoms with E-state index in [1.54, 1.807) is 5.70 Å². The van der Waals surface area contributed by atoms with Crippen molar-refractivity contribution in [2.75, 3.05) is 0 Å². The first-order chi connectivity index (χ1) is 5.56. The van der Waals surface area contributed by atoms with E-state index in [-0.39, 0.29) is 0 Å². The predicted molar refractivity (Wildman–Crippen MR) is 46.1 cm³/mol. The Balaban J connectivity index is 3.93. The van der Waals surface area contributed by atoms with Gasteiger partial charge in [0, 0.05) is 13.8 Å². The van der Waals surface area contributed by atoms with Gasteiger partial charge in [-0.25, -0.2) is 0 Å². The molecule has 0 saturated heterocycles. The van der Waals surface area contributed by atoms with E-state index >= 15 is 0 Å². The topological polar surface area (TPSA) is 52.6 Å². The van der Waals surface area contributed by atoms with E-state index in [9.17, 15) is 9.59 Å². The maximum absolute atomic E-state index is 10.5. The molecule has 0 amide bonds. The fourth-order valence-electron chi connectivity index (χ4n) is 0.627. The van der Waals surface area contributed by atoms with Gasteiger partial charge in [0.1, 0.15) is 9.52 Å². The van der Waals surface area contributed by atoms with Crippen molar-refractivity contribution in [1.29, 1.82) is 0 Å². The third kappa shape index (κ3) is 5.66. The summed E-state index contributed by atoms with van der Waals surface area (Å²) >= 11 is 0. The van der Waals surface area contributed by atoms with Crippen molar-refractivity contribution < 1.29 is 19.1 Å². The highest BCUT2D eigenvalue weighted by molar-refractivity contribution is 6.43. The number of rotatable bonds is 4. The maximum Gasteiger partial charge on any atom is 0.305 e. The van der Waals surface area contributed by atoms with Crippen LogP contribution in [0.5, 0.6) is 0 Å². The molecule has 0 aliphatic heterocycles. The van der Waals surface area contributed by atoms with Gasteiger partial charge in [-0.1, -0.05) is 0 Å². The van der Waals surface area contributed by atoms with Crippen LogP contribution in [0.4, 0.5) is 0 Å². The minimum Gasteiger partial charge on any atom is -0.430 e. The molecule has 12 heavy (non-hydrogen) atoms. The summed E-state index contributed by atoms with van der Waals surface area (Å²) in [5.74, 6) is -1.59. The molecular formula is C7H12O4Si. The standard InChI is InChI=1S/C7H12O4Si/c1-4-12-7(10-5(2)8)11-6(3)9/h4,7H,1,12H2,2-3H3. The van der Waals surface area contributed by atoms with Crippen LogP contribution in [0.2, 0.25) is 0 Å². The average molecular weight is 188 g/mol. The summed E-state index contributed by atoms with van der Waals surface area (Å²) in [5.41, 5.74) is 1.65. The van der Waals surface area contributed by atoms with Gasteiger partial charge in [0.25, 0.3) is 0 Å². The lowest BCUT2D eigenvalue weighted by molar-refractivity contribution is -0.171. The molecule has 4 nitrogen and oxygen atoms in total. The summed E-state index contributed by atoms with van der Waals surface area (Å²) in [4.78, 5) is 21.0. The molecule has 0 radical (unpaired) electrons. The van der Waals surface area contributed by atoms with E-state index in [2.05, 4.69) is 6.58 Å². The van der Waals surface area contributed by atoms with Gasteiger partial charge in [-0.2, -0.15) is 0 Å². The molecule has 0 spiro atoms. The molecule has 0 aliphatic rings. The van der Waals surface area contributed by atoms with Crippen molar-refractivity contribution >= 4 is 21.5 Å². The number of hydrogen-bond donors (Lipinski definition) is 0. The second-order valence-corrected chi connectivity index (χ2v) is 3.89. The van der Waals surface area contributed by atoms with Crippen molar-refractivity contribution in [2.45, 2.75) is 19.8 Å². The SMILES string of the molecule is C=C[SiH2]C(OC(C)=O)OC(C)=O. The zero-order valence-corrected chi connectivity index (χ0v) is 8.62. The lowest BCUT2D eigenvalue weighted by atomic mass is 10.8. The van der Waals surface area contributed by atoms with Crippen LogP contribution in [0.3, 0.4) is 0 Å². The number of ether oxygens (including phenoxy) is 2. The molecule has 0 heterocycles. The Morgan fingerprint density at radius 2 is 1.75 bits per heavy atom. The first kappa shape index (κ1) is 10.9. The Hall–Kier alpha value is -1.10. The third-order valence-corrected chi connectivity index (χ3v) is 2.01. The van der Waals surface area contributed by atoms with E-state index < -0.39 is 27.4 Å². The highest BCUT2D eigenvalue weighted by Crippen LogP contribution is 1.94. The molecule has 0 saturated carbocycles. The smallest absolute Gasteiger partial charge is 0.305 e. The molecular weight excluding hydrogens is 176 g/mol. The van der Waals surface area contributed by atoms with Gasteiger partial charge < -0.3 is 9.47 Å². The van der Waals surface area contributed by atoms with Crippen LogP contribution in [0.1, 0.15) is 13.8 Å². The molecule has 0 bridgehead atoms. The molecule has 0 N–H and O–H groups in total. The Morgan fingerprint density at radius 3 is 2.00 bits per heavy atom. The van der Waals surface area contributed by atoms with Crippen molar-refractivity contribution in [1.82, 2.24) is 0 Å². The fraction of sp³-hybridized carbons (Fsp3) is 0.429. The predicted octanol–water partition coefficient (Wildman–Crippen LogP) is -0.292. The zero-order valence-electron chi connectivity index (χ0n) is 7.20. The van der Waals surface area contributed by atoms with Gasteiger partial charge in [0.2, 0.25) is 5.91 Å². The monoisotopic (exact) mass is 188 g/mol. The van der Waals surface area contributed by atoms with Crippen molar-refractivity contribution in [3.05, 3.63) is 12.3 Å². The summed E-state index contributed by atoms with van der Waals surface area (Å²) in [6.45, 7) is 6.04. The van der Waals surface area contributed by atoms with Crippen molar-refractivity contribution in [2.24, 2.45) is 0 Å². The Labute approximate surface area is 73.4 Å². The van der Waals surface area contributed by atoms with Crippen molar-refractivity contribution in [3.63, 3.8) is 0 Å². The van der Waals surface area contributed by atoms with Crippen LogP contribution in [0, 0.1) is 0 Å². The zero-order chi connectivity index (χ0) is 9.56. The molecule has 68 valence electrons. The number of carbonyl (C=O) groups excluding carboxylic acids is 2. The van der Waals surface area contributed by atoms with E-state index in [4.69, 9.17) is 9.47 Å². The second-order valence-electron chi connectivity index (χ2n) is 2.17. The first-order valence-corrected chi connectivity index (χ1v) is 5.15. The molecule has 0 atom stereocenters. The van der Waals surface area contributed by atoms with Gasteiger partial charge in [0.15, 0.2) is 0 Å². The van der Waals surface area contributed by atoms with E-state index in [1.165, 1.54) is 13.8 Å². The minimum atomic E-state index is -0.872. The minimum absolute atomic E-state index is 0.449. The highest BCUT2D eigenvalue weighted by Gasteiger charge is 2.12. The fourth-order valence-corrected chi connectivity index (χ4v) is 1.56. The number of esters is 2. The number of carbonyl (C=O) groups is 2. The lowest BCUT2D eigenvalue weighted by Crippen LogP contribution is -2.27. The van der Waals surface area contributed by atoms with Crippen LogP contribution < -0.4 is 0 Å². The van der Waals surface area contributed by atoms with Gasteiger partial charge in [-0.05, 0) is 0 Å². The molecule has 0 fully saturated rings. The summed E-state index contributed by atoms with van der Waals surface area (Å²) < 4.78 is 9.42. The molecule has 0 aromatic carbocycles. The van der Waals surface area contributed by atoms with Gasteiger partial charge >= 0.3 is 11.9 Å². The van der Waals surface area contributed by atoms with Crippen LogP contribution in [0.25, 0.3) is 0 Å². The Kier molecular flexibility index (Phi) is 5.03. The second kappa shape index (κ2) is 5.53. The normalized spacial score (nSPS) is 10.2. The average Bonchev–Trinajstić information content (AvgIpc) is 1.84. The van der Waals surface area contributed by atoms with Gasteiger partial charge in [-0.15, -0.1) is 12.3 Å². The van der Waals surface area contributed by atoms with E-state index in [0.717, 1.165) is 0 Å². The van der Waals surface area contributed by atoms with Crippen LogP contribution in [-0.2, 0) is 19.1 Å². The van der Waals surface area contributed by atoms with Gasteiger partial charge in [0.05, 0.1) is 0 Å². The molecule has 0 aromatic heterocycles. The van der Waals surface area contributed by atoms with Crippen molar-refractivity contribution in [3.8, 4) is 0 Å². The van der Waals surface area contributed by atoms with Crippen LogP contribution in [-0.4, -0.2) is 27.4 Å². The van der Waals surface area contributed by atoms with Crippen LogP contribution >= 0.6 is 0 Å². The first-order valence-electron chi connectivity index (χ1n) is 3.51. The molecule has 0 aliphatic carbocycles. The van der Waals surface area contributed by atoms with E-state index in [0.29, 0.717) is 0 Å². The maximum atomic E-state index is 10.5. The lowest BCUT2D eigenvalue weighted by Gasteiger charge is -2.14. The summed E-state index contributed by atoms with van der Waals surface area (Å²) in [6, 6.07) is 0. The summed E-state index contributed by atoms with van der Waals surface area (Å²) in [7, 11) is -0.872. The largest absolute Gasteiger partial charge is 0.430 e. The summed E-state index contributed by atoms with van der Waals surface area (Å²) in [6.07, 6.45) is 0. The Morgan fingerprint density at radius 1 is 1.33 bits per heavy atom. The van der Waals surface area contributed by atoms with Gasteiger partial charge in [-0.3, -0.25) is 9.59 Å². The molecule has 0 rings (SSSR count). The van der Waals surface area contributed by atoms with Crippen LogP contribution in [0.15, 0.2) is 12.3 Å². The number of hydrogen-bond acceptors (Lipinski definition) is 4.